The van der Waals surface area contributed by atoms with Crippen LogP contribution in [-0.4, -0.2) is 59.3 Å². The Morgan fingerprint density at radius 1 is 0.926 bits per heavy atom. The predicted molar refractivity (Wildman–Crippen MR) is 112 cm³/mol. The Morgan fingerprint density at radius 3 is 2.00 bits per heavy atom. The minimum absolute atomic E-state index is 0.108. The minimum Gasteiger partial charge on any atom is -0.477 e. The number of carboxylic acid groups (broad SMARTS) is 1. The summed E-state index contributed by atoms with van der Waals surface area (Å²) in [6, 6.07) is 0. The molecule has 27 heavy (non-hydrogen) atoms. The average molecular weight is 384 g/mol. The summed E-state index contributed by atoms with van der Waals surface area (Å²) in [4.78, 5) is 15.9. The number of aliphatic imine (C=N–C) groups is 1. The molecule has 0 saturated carbocycles. The fraction of sp³-hybridized carbons (Fsp3) is 0.909. The molecule has 0 saturated heterocycles. The molecule has 0 radical (unpaired) electrons. The lowest BCUT2D eigenvalue weighted by molar-refractivity contribution is -0.829. The van der Waals surface area contributed by atoms with E-state index in [-0.39, 0.29) is 13.2 Å². The fourth-order valence-corrected chi connectivity index (χ4v) is 4.21. The van der Waals surface area contributed by atoms with Gasteiger partial charge in [-0.25, -0.2) is 9.79 Å². The summed E-state index contributed by atoms with van der Waals surface area (Å²) < 4.78 is 0.466. The van der Waals surface area contributed by atoms with Crippen molar-refractivity contribution in [2.75, 3.05) is 32.8 Å². The highest BCUT2D eigenvalue weighted by Gasteiger charge is 2.39. The van der Waals surface area contributed by atoms with Crippen molar-refractivity contribution >= 4 is 11.8 Å². The molecule has 0 fully saturated rings. The van der Waals surface area contributed by atoms with Crippen molar-refractivity contribution in [3.63, 3.8) is 0 Å². The second-order valence-electron chi connectivity index (χ2n) is 8.16. The maximum absolute atomic E-state index is 11.3. The molecule has 1 heterocycles. The molecular weight excluding hydrogens is 340 g/mol. The topological polar surface area (TPSA) is 69.9 Å². The number of rotatable bonds is 18. The second-order valence-corrected chi connectivity index (χ2v) is 8.16. The summed E-state index contributed by atoms with van der Waals surface area (Å²) in [6.07, 6.45) is 17.5. The molecule has 5 nitrogen and oxygen atoms in total. The molecular formula is C22H43N2O3+. The zero-order valence-corrected chi connectivity index (χ0v) is 17.6. The number of unbranched alkanes of at least 4 members (excludes halogenated alkanes) is 11. The largest absolute Gasteiger partial charge is 0.477 e. The lowest BCUT2D eigenvalue weighted by Crippen LogP contribution is -2.54. The van der Waals surface area contributed by atoms with Crippen LogP contribution in [-0.2, 0) is 4.79 Å². The van der Waals surface area contributed by atoms with Crippen LogP contribution in [0.1, 0.15) is 96.8 Å². The monoisotopic (exact) mass is 383 g/mol. The van der Waals surface area contributed by atoms with E-state index in [1.807, 2.05) is 0 Å². The second kappa shape index (κ2) is 15.0. The molecule has 0 amide bonds. The molecule has 0 bridgehead atoms. The van der Waals surface area contributed by atoms with Crippen LogP contribution in [0.3, 0.4) is 0 Å². The predicted octanol–water partition coefficient (Wildman–Crippen LogP) is 4.77. The lowest BCUT2D eigenvalue weighted by atomic mass is 10.0. The third kappa shape index (κ3) is 10.2. The van der Waals surface area contributed by atoms with Gasteiger partial charge in [0.15, 0.2) is 12.4 Å². The Balaban J connectivity index is 2.13. The summed E-state index contributed by atoms with van der Waals surface area (Å²) in [6.45, 7) is 4.69. The number of hydrogen-bond acceptors (Lipinski definition) is 3. The lowest BCUT2D eigenvalue weighted by Gasteiger charge is -2.33. The highest BCUT2D eigenvalue weighted by molar-refractivity contribution is 5.80. The third-order valence-electron chi connectivity index (χ3n) is 5.81. The van der Waals surface area contributed by atoms with Crippen molar-refractivity contribution in [1.29, 1.82) is 0 Å². The maximum atomic E-state index is 11.3. The Labute approximate surface area is 166 Å². The Hall–Kier alpha value is -0.940. The molecule has 1 aliphatic rings. The number of nitrogens with zero attached hydrogens (tertiary/aromatic N) is 2. The van der Waals surface area contributed by atoms with Crippen molar-refractivity contribution in [2.45, 2.75) is 96.8 Å². The summed E-state index contributed by atoms with van der Waals surface area (Å²) in [5, 5.41) is 18.4. The third-order valence-corrected chi connectivity index (χ3v) is 5.81. The molecule has 158 valence electrons. The summed E-state index contributed by atoms with van der Waals surface area (Å²) in [7, 11) is 0. The number of quaternary nitrogens is 1. The van der Waals surface area contributed by atoms with E-state index in [0.29, 0.717) is 17.4 Å². The first kappa shape index (κ1) is 24.1. The molecule has 0 aromatic heterocycles. The van der Waals surface area contributed by atoms with Crippen molar-refractivity contribution in [1.82, 2.24) is 0 Å². The highest BCUT2D eigenvalue weighted by Crippen LogP contribution is 2.21. The van der Waals surface area contributed by atoms with Crippen LogP contribution in [0.2, 0.25) is 0 Å². The SMILES string of the molecule is CCCCCCCCCCCCCCC1=NCC[N+]1(CCCO)CC(=O)O. The molecule has 1 rings (SSSR count). The van der Waals surface area contributed by atoms with E-state index in [1.165, 1.54) is 70.6 Å². The summed E-state index contributed by atoms with van der Waals surface area (Å²) in [5.41, 5.74) is 0. The maximum Gasteiger partial charge on any atom is 0.359 e. The molecule has 0 aromatic rings. The van der Waals surface area contributed by atoms with Crippen LogP contribution in [0.15, 0.2) is 4.99 Å². The van der Waals surface area contributed by atoms with E-state index < -0.39 is 5.97 Å². The molecule has 1 aliphatic heterocycles. The number of aliphatic carboxylic acids is 1. The van der Waals surface area contributed by atoms with Crippen LogP contribution in [0.5, 0.6) is 0 Å². The number of amidine groups is 1. The number of aliphatic hydroxyl groups excluding tert-OH is 1. The number of carboxylic acids is 1. The molecule has 1 atom stereocenters. The first-order chi connectivity index (χ1) is 13.1. The van der Waals surface area contributed by atoms with Crippen molar-refractivity contribution in [3.8, 4) is 0 Å². The van der Waals surface area contributed by atoms with Gasteiger partial charge in [0, 0.05) is 19.4 Å². The summed E-state index contributed by atoms with van der Waals surface area (Å²) in [5.74, 6) is 0.287. The van der Waals surface area contributed by atoms with Gasteiger partial charge in [-0.1, -0.05) is 77.6 Å². The fourth-order valence-electron chi connectivity index (χ4n) is 4.21. The normalized spacial score (nSPS) is 19.4. The Kier molecular flexibility index (Phi) is 13.4. The molecule has 0 aromatic carbocycles. The first-order valence-electron chi connectivity index (χ1n) is 11.4. The van der Waals surface area contributed by atoms with Gasteiger partial charge in [0.05, 0.1) is 13.1 Å². The Morgan fingerprint density at radius 2 is 1.48 bits per heavy atom. The van der Waals surface area contributed by atoms with E-state index >= 15 is 0 Å². The molecule has 5 heteroatoms. The number of hydrogen-bond donors (Lipinski definition) is 2. The molecule has 2 N–H and O–H groups in total. The smallest absolute Gasteiger partial charge is 0.359 e. The van der Waals surface area contributed by atoms with E-state index in [1.54, 1.807) is 0 Å². The van der Waals surface area contributed by atoms with Crippen molar-refractivity contribution in [3.05, 3.63) is 0 Å². The zero-order valence-electron chi connectivity index (χ0n) is 17.6. The van der Waals surface area contributed by atoms with E-state index in [2.05, 4.69) is 11.9 Å². The minimum atomic E-state index is -0.766. The van der Waals surface area contributed by atoms with Gasteiger partial charge in [-0.15, -0.1) is 0 Å². The van der Waals surface area contributed by atoms with Crippen LogP contribution < -0.4 is 0 Å². The van der Waals surface area contributed by atoms with Gasteiger partial charge in [-0.2, -0.15) is 0 Å². The van der Waals surface area contributed by atoms with Gasteiger partial charge in [0.25, 0.3) is 0 Å². The first-order valence-corrected chi connectivity index (χ1v) is 11.4. The van der Waals surface area contributed by atoms with Crippen LogP contribution in [0, 0.1) is 0 Å². The van der Waals surface area contributed by atoms with Crippen LogP contribution in [0.25, 0.3) is 0 Å². The van der Waals surface area contributed by atoms with E-state index in [4.69, 9.17) is 5.11 Å². The van der Waals surface area contributed by atoms with Crippen molar-refractivity contribution in [2.24, 2.45) is 4.99 Å². The molecule has 1 unspecified atom stereocenters. The molecule has 0 spiro atoms. The van der Waals surface area contributed by atoms with Crippen molar-refractivity contribution < 1.29 is 19.5 Å². The quantitative estimate of drug-likeness (QED) is 0.264. The zero-order chi connectivity index (χ0) is 19.8. The number of carbonyl (C=O) groups is 1. The highest BCUT2D eigenvalue weighted by atomic mass is 16.4. The van der Waals surface area contributed by atoms with E-state index in [9.17, 15) is 9.90 Å². The van der Waals surface area contributed by atoms with Gasteiger partial charge in [-0.05, 0) is 6.42 Å². The van der Waals surface area contributed by atoms with Gasteiger partial charge >= 0.3 is 5.97 Å². The van der Waals surface area contributed by atoms with Gasteiger partial charge in [0.1, 0.15) is 6.54 Å². The molecule has 0 aliphatic carbocycles. The van der Waals surface area contributed by atoms with Gasteiger partial charge in [0.2, 0.25) is 0 Å². The van der Waals surface area contributed by atoms with E-state index in [0.717, 1.165) is 31.8 Å². The Bertz CT molecular complexity index is 426. The van der Waals surface area contributed by atoms with Crippen LogP contribution in [0.4, 0.5) is 0 Å². The van der Waals surface area contributed by atoms with Gasteiger partial charge < -0.3 is 10.2 Å². The standard InChI is InChI=1S/C22H42N2O3/c1-2-3-4-5-6-7-8-9-10-11-12-13-15-21-23-16-18-24(21,17-14-19-25)20-22(26)27/h25H,2-20H2,1H3/p+1. The van der Waals surface area contributed by atoms with Gasteiger partial charge in [-0.3, -0.25) is 4.48 Å². The van der Waals surface area contributed by atoms with Crippen LogP contribution >= 0.6 is 0 Å². The number of aliphatic hydroxyl groups is 1. The summed E-state index contributed by atoms with van der Waals surface area (Å²) >= 11 is 0. The average Bonchev–Trinajstić information content (AvgIpc) is 3.02.